The summed E-state index contributed by atoms with van der Waals surface area (Å²) in [6.45, 7) is 0.437. The largest absolute Gasteiger partial charge is 0.481 e. The Hall–Kier alpha value is -1.00. The highest BCUT2D eigenvalue weighted by Crippen LogP contribution is 2.21. The van der Waals surface area contributed by atoms with Gasteiger partial charge in [0.25, 0.3) is 0 Å². The second-order valence-electron chi connectivity index (χ2n) is 3.56. The quantitative estimate of drug-likeness (QED) is 0.716. The number of benzene rings is 1. The average molecular weight is 239 g/mol. The van der Waals surface area contributed by atoms with Crippen molar-refractivity contribution in [2.75, 3.05) is 12.3 Å². The average Bonchev–Trinajstić information content (AvgIpc) is 2.29. The lowest BCUT2D eigenvalue weighted by atomic mass is 10.0. The number of carbonyl (C=O) groups is 1. The number of thioether (sulfide) groups is 1. The van der Waals surface area contributed by atoms with E-state index < -0.39 is 5.97 Å². The van der Waals surface area contributed by atoms with Crippen LogP contribution in [0.5, 0.6) is 0 Å². The minimum absolute atomic E-state index is 0.304. The van der Waals surface area contributed by atoms with Crippen LogP contribution >= 0.6 is 11.8 Å². The molecule has 16 heavy (non-hydrogen) atoms. The van der Waals surface area contributed by atoms with Crippen LogP contribution in [-0.2, 0) is 4.79 Å². The molecule has 0 aliphatic carbocycles. The van der Waals surface area contributed by atoms with Crippen LogP contribution in [0.1, 0.15) is 12.8 Å². The molecule has 0 aliphatic heterocycles. The monoisotopic (exact) mass is 239 g/mol. The van der Waals surface area contributed by atoms with Crippen LogP contribution in [0.25, 0.3) is 0 Å². The van der Waals surface area contributed by atoms with Gasteiger partial charge in [-0.15, -0.1) is 11.8 Å². The van der Waals surface area contributed by atoms with Crippen molar-refractivity contribution in [1.29, 1.82) is 0 Å². The molecule has 0 amide bonds. The number of carboxylic acid groups (broad SMARTS) is 1. The zero-order valence-electron chi connectivity index (χ0n) is 9.13. The Morgan fingerprint density at radius 2 is 2.00 bits per heavy atom. The van der Waals surface area contributed by atoms with E-state index in [1.165, 1.54) is 4.90 Å². The fourth-order valence-corrected chi connectivity index (χ4v) is 2.42. The van der Waals surface area contributed by atoms with E-state index >= 15 is 0 Å². The van der Waals surface area contributed by atoms with Crippen molar-refractivity contribution in [2.45, 2.75) is 17.7 Å². The van der Waals surface area contributed by atoms with Gasteiger partial charge < -0.3 is 10.8 Å². The van der Waals surface area contributed by atoms with Gasteiger partial charge >= 0.3 is 5.97 Å². The van der Waals surface area contributed by atoms with E-state index in [9.17, 15) is 4.79 Å². The normalized spacial score (nSPS) is 12.3. The number of rotatable bonds is 7. The van der Waals surface area contributed by atoms with Gasteiger partial charge in [0.1, 0.15) is 0 Å². The summed E-state index contributed by atoms with van der Waals surface area (Å²) in [6.07, 6.45) is 1.23. The van der Waals surface area contributed by atoms with Crippen molar-refractivity contribution in [2.24, 2.45) is 11.7 Å². The summed E-state index contributed by atoms with van der Waals surface area (Å²) in [5.41, 5.74) is 5.38. The van der Waals surface area contributed by atoms with Crippen LogP contribution in [0.4, 0.5) is 0 Å². The number of aliphatic carboxylic acids is 1. The Morgan fingerprint density at radius 3 is 2.56 bits per heavy atom. The van der Waals surface area contributed by atoms with Crippen molar-refractivity contribution in [3.05, 3.63) is 30.3 Å². The highest BCUT2D eigenvalue weighted by molar-refractivity contribution is 7.99. The Morgan fingerprint density at radius 1 is 1.31 bits per heavy atom. The molecule has 88 valence electrons. The lowest BCUT2D eigenvalue weighted by Crippen LogP contribution is -2.18. The number of hydrogen-bond acceptors (Lipinski definition) is 3. The molecule has 1 unspecified atom stereocenters. The third kappa shape index (κ3) is 4.68. The highest BCUT2D eigenvalue weighted by Gasteiger charge is 2.15. The molecule has 4 heteroatoms. The molecule has 0 bridgehead atoms. The van der Waals surface area contributed by atoms with Crippen molar-refractivity contribution in [3.63, 3.8) is 0 Å². The van der Waals surface area contributed by atoms with Gasteiger partial charge in [0.15, 0.2) is 0 Å². The molecular weight excluding hydrogens is 222 g/mol. The standard InChI is InChI=1S/C12H17NO2S/c13-8-6-10(12(14)15)7-9-16-11-4-2-1-3-5-11/h1-5,10H,6-9,13H2,(H,14,15). The molecule has 1 atom stereocenters. The summed E-state index contributed by atoms with van der Waals surface area (Å²) in [5.74, 6) is -0.221. The van der Waals surface area contributed by atoms with E-state index in [1.807, 2.05) is 30.3 Å². The second kappa shape index (κ2) is 7.30. The topological polar surface area (TPSA) is 63.3 Å². The molecule has 1 aromatic carbocycles. The van der Waals surface area contributed by atoms with Gasteiger partial charge in [0.05, 0.1) is 5.92 Å². The first-order valence-electron chi connectivity index (χ1n) is 5.34. The van der Waals surface area contributed by atoms with E-state index in [0.717, 1.165) is 5.75 Å². The number of hydrogen-bond donors (Lipinski definition) is 2. The van der Waals surface area contributed by atoms with Crippen LogP contribution in [0.3, 0.4) is 0 Å². The summed E-state index contributed by atoms with van der Waals surface area (Å²) in [6, 6.07) is 10.00. The number of nitrogens with two attached hydrogens (primary N) is 1. The predicted molar refractivity (Wildman–Crippen MR) is 66.6 cm³/mol. The van der Waals surface area contributed by atoms with Crippen LogP contribution in [0, 0.1) is 5.92 Å². The van der Waals surface area contributed by atoms with Crippen LogP contribution in [0.2, 0.25) is 0 Å². The summed E-state index contributed by atoms with van der Waals surface area (Å²) in [4.78, 5) is 12.0. The minimum atomic E-state index is -0.737. The lowest BCUT2D eigenvalue weighted by molar-refractivity contribution is -0.141. The molecule has 0 aliphatic rings. The zero-order valence-corrected chi connectivity index (χ0v) is 9.95. The predicted octanol–water partition coefficient (Wildman–Crippen LogP) is 2.22. The van der Waals surface area contributed by atoms with Gasteiger partial charge in [0, 0.05) is 4.90 Å². The Kier molecular flexibility index (Phi) is 5.96. The van der Waals surface area contributed by atoms with Gasteiger partial charge in [-0.05, 0) is 37.3 Å². The Bertz CT molecular complexity index is 316. The van der Waals surface area contributed by atoms with Gasteiger partial charge in [-0.1, -0.05) is 18.2 Å². The molecule has 0 aromatic heterocycles. The maximum atomic E-state index is 10.9. The maximum Gasteiger partial charge on any atom is 0.306 e. The molecule has 1 aromatic rings. The SMILES string of the molecule is NCCC(CCSc1ccccc1)C(=O)O. The van der Waals surface area contributed by atoms with E-state index in [2.05, 4.69) is 0 Å². The van der Waals surface area contributed by atoms with Crippen molar-refractivity contribution < 1.29 is 9.90 Å². The van der Waals surface area contributed by atoms with Crippen molar-refractivity contribution in [3.8, 4) is 0 Å². The smallest absolute Gasteiger partial charge is 0.306 e. The molecule has 0 saturated heterocycles. The lowest BCUT2D eigenvalue weighted by Gasteiger charge is -2.10. The van der Waals surface area contributed by atoms with Gasteiger partial charge in [0.2, 0.25) is 0 Å². The second-order valence-corrected chi connectivity index (χ2v) is 4.73. The third-order valence-electron chi connectivity index (χ3n) is 2.34. The zero-order chi connectivity index (χ0) is 11.8. The highest BCUT2D eigenvalue weighted by atomic mass is 32.2. The molecule has 0 heterocycles. The fraction of sp³-hybridized carbons (Fsp3) is 0.417. The Balaban J connectivity index is 2.31. The molecular formula is C12H17NO2S. The first-order chi connectivity index (χ1) is 7.74. The van der Waals surface area contributed by atoms with Gasteiger partial charge in [-0.3, -0.25) is 4.79 Å². The number of carboxylic acids is 1. The first-order valence-corrected chi connectivity index (χ1v) is 6.33. The Labute approximate surface area is 100 Å². The van der Waals surface area contributed by atoms with E-state index in [-0.39, 0.29) is 5.92 Å². The fourth-order valence-electron chi connectivity index (χ4n) is 1.43. The molecule has 0 radical (unpaired) electrons. The van der Waals surface area contributed by atoms with Crippen molar-refractivity contribution in [1.82, 2.24) is 0 Å². The summed E-state index contributed by atoms with van der Waals surface area (Å²) < 4.78 is 0. The third-order valence-corrected chi connectivity index (χ3v) is 3.39. The molecule has 0 fully saturated rings. The van der Waals surface area contributed by atoms with Gasteiger partial charge in [-0.25, -0.2) is 0 Å². The minimum Gasteiger partial charge on any atom is -0.481 e. The van der Waals surface area contributed by atoms with Crippen molar-refractivity contribution >= 4 is 17.7 Å². The van der Waals surface area contributed by atoms with Crippen LogP contribution in [-0.4, -0.2) is 23.4 Å². The molecule has 0 saturated carbocycles. The van der Waals surface area contributed by atoms with E-state index in [1.54, 1.807) is 11.8 Å². The maximum absolute atomic E-state index is 10.9. The van der Waals surface area contributed by atoms with Crippen LogP contribution in [0.15, 0.2) is 35.2 Å². The van der Waals surface area contributed by atoms with Gasteiger partial charge in [-0.2, -0.15) is 0 Å². The molecule has 0 spiro atoms. The van der Waals surface area contributed by atoms with E-state index in [0.29, 0.717) is 19.4 Å². The molecule has 3 nitrogen and oxygen atoms in total. The van der Waals surface area contributed by atoms with E-state index in [4.69, 9.17) is 10.8 Å². The molecule has 3 N–H and O–H groups in total. The molecule has 1 rings (SSSR count). The first kappa shape index (κ1) is 13.1. The summed E-state index contributed by atoms with van der Waals surface area (Å²) >= 11 is 1.69. The summed E-state index contributed by atoms with van der Waals surface area (Å²) in [7, 11) is 0. The van der Waals surface area contributed by atoms with Crippen LogP contribution < -0.4 is 5.73 Å². The summed E-state index contributed by atoms with van der Waals surface area (Å²) in [5, 5.41) is 8.94.